The molecule has 0 aliphatic carbocycles. The minimum atomic E-state index is 0.419. The average Bonchev–Trinajstić information content (AvgIpc) is 2.79. The molecule has 0 N–H and O–H groups in total. The molecule has 0 aliphatic rings. The minimum absolute atomic E-state index is 0.419. The summed E-state index contributed by atoms with van der Waals surface area (Å²) in [6.07, 6.45) is 2.18. The van der Waals surface area contributed by atoms with Crippen molar-refractivity contribution in [3.05, 3.63) is 35.3 Å². The number of hydrogen-bond donors (Lipinski definition) is 0. The van der Waals surface area contributed by atoms with Crippen molar-refractivity contribution in [1.82, 2.24) is 4.98 Å². The van der Waals surface area contributed by atoms with Gasteiger partial charge in [-0.15, -0.1) is 11.3 Å². The highest BCUT2D eigenvalue weighted by Crippen LogP contribution is 2.28. The van der Waals surface area contributed by atoms with Gasteiger partial charge in [-0.1, -0.05) is 12.1 Å². The van der Waals surface area contributed by atoms with Gasteiger partial charge in [-0.2, -0.15) is 5.26 Å². The summed E-state index contributed by atoms with van der Waals surface area (Å²) in [5.74, 6) is 0.849. The molecule has 0 spiro atoms. The molecule has 0 unspecified atom stereocenters. The summed E-state index contributed by atoms with van der Waals surface area (Å²) in [5.41, 5.74) is 1.03. The molecule has 1 aromatic carbocycles. The van der Waals surface area contributed by atoms with Crippen molar-refractivity contribution < 1.29 is 4.74 Å². The maximum atomic E-state index is 8.62. The van der Waals surface area contributed by atoms with E-state index in [4.69, 9.17) is 10.00 Å². The van der Waals surface area contributed by atoms with Crippen LogP contribution >= 0.6 is 11.3 Å². The lowest BCUT2D eigenvalue weighted by Crippen LogP contribution is -1.90. The molecule has 0 radical (unpaired) electrons. The third-order valence-corrected chi connectivity index (χ3v) is 3.25. The van der Waals surface area contributed by atoms with Gasteiger partial charge in [-0.3, -0.25) is 0 Å². The van der Waals surface area contributed by atoms with E-state index >= 15 is 0 Å². The van der Waals surface area contributed by atoms with Crippen molar-refractivity contribution in [2.45, 2.75) is 13.3 Å². The van der Waals surface area contributed by atoms with Crippen LogP contribution in [-0.4, -0.2) is 11.6 Å². The van der Waals surface area contributed by atoms with Crippen LogP contribution in [0.1, 0.15) is 11.8 Å². The quantitative estimate of drug-likeness (QED) is 0.829. The molecule has 0 fully saturated rings. The van der Waals surface area contributed by atoms with Crippen molar-refractivity contribution in [2.75, 3.05) is 6.61 Å². The zero-order valence-corrected chi connectivity index (χ0v) is 10.3. The van der Waals surface area contributed by atoms with E-state index < -0.39 is 0 Å². The van der Waals surface area contributed by atoms with Gasteiger partial charge in [0.1, 0.15) is 10.8 Å². The SMILES string of the molecule is CCOc1cccc(-c2ncc(CC#N)s2)c1. The third kappa shape index (κ3) is 2.83. The summed E-state index contributed by atoms with van der Waals surface area (Å²) in [7, 11) is 0. The van der Waals surface area contributed by atoms with Crippen LogP contribution in [0.3, 0.4) is 0 Å². The number of nitrogens with zero attached hydrogens (tertiary/aromatic N) is 2. The monoisotopic (exact) mass is 244 g/mol. The molecule has 86 valence electrons. The number of rotatable bonds is 4. The van der Waals surface area contributed by atoms with E-state index in [-0.39, 0.29) is 0 Å². The molecule has 1 heterocycles. The Hall–Kier alpha value is -1.86. The summed E-state index contributed by atoms with van der Waals surface area (Å²) >= 11 is 1.55. The Balaban J connectivity index is 2.26. The van der Waals surface area contributed by atoms with Crippen molar-refractivity contribution in [3.8, 4) is 22.4 Å². The fraction of sp³-hybridized carbons (Fsp3) is 0.231. The van der Waals surface area contributed by atoms with Crippen LogP contribution in [0.4, 0.5) is 0 Å². The summed E-state index contributed by atoms with van der Waals surface area (Å²) in [6, 6.07) is 9.97. The van der Waals surface area contributed by atoms with Gasteiger partial charge in [0.15, 0.2) is 0 Å². The van der Waals surface area contributed by atoms with Crippen molar-refractivity contribution in [1.29, 1.82) is 5.26 Å². The molecule has 3 nitrogen and oxygen atoms in total. The molecule has 17 heavy (non-hydrogen) atoms. The molecule has 2 aromatic rings. The van der Waals surface area contributed by atoms with Gasteiger partial charge in [-0.05, 0) is 19.1 Å². The Morgan fingerprint density at radius 3 is 3.12 bits per heavy atom. The highest BCUT2D eigenvalue weighted by molar-refractivity contribution is 7.15. The maximum absolute atomic E-state index is 8.62. The van der Waals surface area contributed by atoms with E-state index in [0.29, 0.717) is 13.0 Å². The first-order valence-electron chi connectivity index (χ1n) is 5.38. The van der Waals surface area contributed by atoms with E-state index in [1.807, 2.05) is 31.2 Å². The van der Waals surface area contributed by atoms with Crippen LogP contribution in [0, 0.1) is 11.3 Å². The van der Waals surface area contributed by atoms with Crippen LogP contribution in [0.15, 0.2) is 30.5 Å². The molecular formula is C13H12N2OS. The fourth-order valence-electron chi connectivity index (χ4n) is 1.49. The lowest BCUT2D eigenvalue weighted by molar-refractivity contribution is 0.340. The van der Waals surface area contributed by atoms with E-state index in [0.717, 1.165) is 21.2 Å². The molecule has 4 heteroatoms. The first-order chi connectivity index (χ1) is 8.33. The second-order valence-corrected chi connectivity index (χ2v) is 4.54. The van der Waals surface area contributed by atoms with Gasteiger partial charge in [0.05, 0.1) is 19.1 Å². The standard InChI is InChI=1S/C13H12N2OS/c1-2-16-11-5-3-4-10(8-11)13-15-9-12(17-13)6-7-14/h3-5,8-9H,2,6H2,1H3. The predicted octanol–water partition coefficient (Wildman–Crippen LogP) is 3.27. The van der Waals surface area contributed by atoms with Gasteiger partial charge in [0.2, 0.25) is 0 Å². The predicted molar refractivity (Wildman–Crippen MR) is 68.0 cm³/mol. The average molecular weight is 244 g/mol. The number of hydrogen-bond acceptors (Lipinski definition) is 4. The zero-order valence-electron chi connectivity index (χ0n) is 9.51. The number of benzene rings is 1. The van der Waals surface area contributed by atoms with Gasteiger partial charge in [0.25, 0.3) is 0 Å². The lowest BCUT2D eigenvalue weighted by atomic mass is 10.2. The normalized spacial score (nSPS) is 9.88. The Bertz CT molecular complexity index is 542. The van der Waals surface area contributed by atoms with Gasteiger partial charge < -0.3 is 4.74 Å². The number of thiazole rings is 1. The van der Waals surface area contributed by atoms with Crippen LogP contribution in [0.2, 0.25) is 0 Å². The number of ether oxygens (including phenoxy) is 1. The first kappa shape index (κ1) is 11.6. The minimum Gasteiger partial charge on any atom is -0.494 e. The van der Waals surface area contributed by atoms with Crippen LogP contribution in [0.25, 0.3) is 10.6 Å². The molecule has 2 rings (SSSR count). The van der Waals surface area contributed by atoms with E-state index in [1.54, 1.807) is 17.5 Å². The molecule has 0 saturated carbocycles. The Morgan fingerprint density at radius 1 is 1.47 bits per heavy atom. The van der Waals surface area contributed by atoms with Crippen LogP contribution in [0.5, 0.6) is 5.75 Å². The molecule has 0 aliphatic heterocycles. The van der Waals surface area contributed by atoms with E-state index in [1.165, 1.54) is 0 Å². The summed E-state index contributed by atoms with van der Waals surface area (Å²) in [5, 5.41) is 9.55. The third-order valence-electron chi connectivity index (χ3n) is 2.20. The molecule has 0 atom stereocenters. The van der Waals surface area contributed by atoms with Crippen molar-refractivity contribution in [3.63, 3.8) is 0 Å². The molecule has 1 aromatic heterocycles. The molecule has 0 amide bonds. The van der Waals surface area contributed by atoms with Crippen LogP contribution in [-0.2, 0) is 6.42 Å². The maximum Gasteiger partial charge on any atom is 0.123 e. The summed E-state index contributed by atoms with van der Waals surface area (Å²) in [4.78, 5) is 5.31. The van der Waals surface area contributed by atoms with E-state index in [2.05, 4.69) is 11.1 Å². The van der Waals surface area contributed by atoms with Gasteiger partial charge in [-0.25, -0.2) is 4.98 Å². The highest BCUT2D eigenvalue weighted by Gasteiger charge is 2.05. The largest absolute Gasteiger partial charge is 0.494 e. The second-order valence-electron chi connectivity index (χ2n) is 3.43. The molecular weight excluding hydrogens is 232 g/mol. The smallest absolute Gasteiger partial charge is 0.123 e. The molecule has 0 saturated heterocycles. The van der Waals surface area contributed by atoms with E-state index in [9.17, 15) is 0 Å². The van der Waals surface area contributed by atoms with Gasteiger partial charge >= 0.3 is 0 Å². The van der Waals surface area contributed by atoms with Crippen molar-refractivity contribution in [2.24, 2.45) is 0 Å². The number of nitriles is 1. The fourth-order valence-corrected chi connectivity index (χ4v) is 2.33. The summed E-state index contributed by atoms with van der Waals surface area (Å²) in [6.45, 7) is 2.61. The topological polar surface area (TPSA) is 45.9 Å². The highest BCUT2D eigenvalue weighted by atomic mass is 32.1. The van der Waals surface area contributed by atoms with Crippen molar-refractivity contribution >= 4 is 11.3 Å². The lowest BCUT2D eigenvalue weighted by Gasteiger charge is -2.03. The zero-order chi connectivity index (χ0) is 12.1. The Morgan fingerprint density at radius 2 is 2.35 bits per heavy atom. The Kier molecular flexibility index (Phi) is 3.73. The van der Waals surface area contributed by atoms with Gasteiger partial charge in [0, 0.05) is 16.6 Å². The number of aromatic nitrogens is 1. The first-order valence-corrected chi connectivity index (χ1v) is 6.20. The summed E-state index contributed by atoms with van der Waals surface area (Å²) < 4.78 is 5.45. The second kappa shape index (κ2) is 5.46. The molecule has 0 bridgehead atoms. The van der Waals surface area contributed by atoms with Crippen LogP contribution < -0.4 is 4.74 Å². The Labute approximate surface area is 104 Å².